The van der Waals surface area contributed by atoms with Crippen molar-refractivity contribution in [2.45, 2.75) is 125 Å². The number of nitrogens with one attached hydrogen (secondary N) is 2. The van der Waals surface area contributed by atoms with Crippen LogP contribution in [0.5, 0.6) is 0 Å². The largest absolute Gasteiger partial charge is 0.368 e. The first-order valence-corrected chi connectivity index (χ1v) is 27.7. The molecule has 2 unspecified atom stereocenters. The highest BCUT2D eigenvalue weighted by molar-refractivity contribution is 6.31. The maximum atomic E-state index is 15.9. The van der Waals surface area contributed by atoms with Gasteiger partial charge in [-0.05, 0) is 104 Å². The minimum atomic E-state index is -1.40. The van der Waals surface area contributed by atoms with Crippen molar-refractivity contribution in [3.05, 3.63) is 138 Å². The molecule has 6 aliphatic rings. The first-order valence-electron chi connectivity index (χ1n) is 26.9. The average molecular weight is 1090 g/mol. The Bertz CT molecular complexity index is 3200. The van der Waals surface area contributed by atoms with Crippen molar-refractivity contribution in [3.8, 4) is 0 Å². The third kappa shape index (κ3) is 9.95. The van der Waals surface area contributed by atoms with E-state index in [1.807, 2.05) is 18.2 Å². The van der Waals surface area contributed by atoms with Gasteiger partial charge in [0.2, 0.25) is 29.5 Å². The van der Waals surface area contributed by atoms with Gasteiger partial charge < -0.3 is 15.5 Å². The number of nitro groups is 1. The van der Waals surface area contributed by atoms with Crippen LogP contribution in [0.1, 0.15) is 118 Å². The maximum Gasteiger partial charge on any atom is 0.329 e. The fourth-order valence-corrected chi connectivity index (χ4v) is 13.9. The standard InChI is InChI=1S/C30H27Cl2FN4O4.C27H37N5O4/c31-18-9-12-21-23(15-18)36(16-17-7-10-19(11-8-17)37(40)41)28(39)30(21)24(20-5-4-6-22(32)25(20)33)26(27(34)38)35-29(30)13-2-1-3-14-29;1-29-23-18-19(9-10-21(23)32(27(29)36)22-11-12-24(33)28-25(22)34)6-5-13-30-14-16-31(17-15-30)26(35)20-7-3-2-4-8-20/h4-12,15,24,26,35H,1-3,13-14,16H2,(H2,34,38);9-10,18,20,22H,2-8,11-17H2,1H3,(H,28,33,34)/t24-,26?,30+;/m0./s1. The van der Waals surface area contributed by atoms with Crippen molar-refractivity contribution in [3.63, 3.8) is 0 Å². The van der Waals surface area contributed by atoms with Crippen LogP contribution in [0.2, 0.25) is 10.0 Å². The van der Waals surface area contributed by atoms with Crippen LogP contribution >= 0.6 is 23.2 Å². The Kier molecular flexibility index (Phi) is 15.5. The van der Waals surface area contributed by atoms with Crippen LogP contribution in [0.4, 0.5) is 15.8 Å². The number of primary amides is 1. The molecule has 0 radical (unpaired) electrons. The van der Waals surface area contributed by atoms with Crippen LogP contribution in [0.15, 0.2) is 83.7 Å². The molecular formula is C57H64Cl2FN9O8. The summed E-state index contributed by atoms with van der Waals surface area (Å²) in [5.74, 6) is -2.76. The summed E-state index contributed by atoms with van der Waals surface area (Å²) in [7, 11) is 1.73. The summed E-state index contributed by atoms with van der Waals surface area (Å²) in [6.45, 7) is 4.60. The van der Waals surface area contributed by atoms with Gasteiger partial charge in [-0.1, -0.05) is 98.1 Å². The molecule has 11 rings (SSSR count). The second-order valence-corrected chi connectivity index (χ2v) is 22.5. The molecule has 5 heterocycles. The first-order chi connectivity index (χ1) is 37.0. The minimum Gasteiger partial charge on any atom is -0.368 e. The number of aryl methyl sites for hydroxylation is 2. The zero-order chi connectivity index (χ0) is 54.3. The van der Waals surface area contributed by atoms with E-state index in [1.54, 1.807) is 59.0 Å². The molecule has 2 aliphatic carbocycles. The second-order valence-electron chi connectivity index (χ2n) is 21.7. The number of hydrogen-bond acceptors (Lipinski definition) is 10. The minimum absolute atomic E-state index is 0.0663. The van der Waals surface area contributed by atoms with Crippen molar-refractivity contribution >= 4 is 75.1 Å². The predicted molar refractivity (Wildman–Crippen MR) is 290 cm³/mol. The van der Waals surface area contributed by atoms with Crippen molar-refractivity contribution < 1.29 is 33.3 Å². The molecule has 4 N–H and O–H groups in total. The molecule has 4 atom stereocenters. The lowest BCUT2D eigenvalue weighted by molar-refractivity contribution is -0.384. The number of carbonyl (C=O) groups is 5. The number of anilines is 1. The first kappa shape index (κ1) is 53.9. The van der Waals surface area contributed by atoms with Gasteiger partial charge in [-0.25, -0.2) is 9.18 Å². The van der Waals surface area contributed by atoms with Crippen LogP contribution < -0.4 is 27.0 Å². The van der Waals surface area contributed by atoms with Crippen LogP contribution in [0.3, 0.4) is 0 Å². The van der Waals surface area contributed by atoms with Gasteiger partial charge in [0.15, 0.2) is 0 Å². The Morgan fingerprint density at radius 2 is 1.55 bits per heavy atom. The lowest BCUT2D eigenvalue weighted by atomic mass is 9.55. The van der Waals surface area contributed by atoms with E-state index in [-0.39, 0.29) is 52.7 Å². The summed E-state index contributed by atoms with van der Waals surface area (Å²) in [4.78, 5) is 94.7. The summed E-state index contributed by atoms with van der Waals surface area (Å²) in [6.07, 6.45) is 12.0. The molecule has 5 amide bonds. The third-order valence-corrected chi connectivity index (χ3v) is 17.8. The Morgan fingerprint density at radius 3 is 2.23 bits per heavy atom. The number of piperidine rings is 1. The summed E-state index contributed by atoms with van der Waals surface area (Å²) < 4.78 is 19.0. The van der Waals surface area contributed by atoms with E-state index in [0.717, 1.165) is 94.3 Å². The molecule has 1 aromatic heterocycles. The smallest absolute Gasteiger partial charge is 0.329 e. The second kappa shape index (κ2) is 22.1. The van der Waals surface area contributed by atoms with Gasteiger partial charge in [-0.3, -0.25) is 58.8 Å². The van der Waals surface area contributed by atoms with E-state index in [0.29, 0.717) is 47.0 Å². The van der Waals surface area contributed by atoms with Gasteiger partial charge in [-0.2, -0.15) is 0 Å². The van der Waals surface area contributed by atoms with E-state index in [9.17, 15) is 34.1 Å². The van der Waals surface area contributed by atoms with Crippen molar-refractivity contribution in [2.75, 3.05) is 37.6 Å². The van der Waals surface area contributed by atoms with Gasteiger partial charge in [0.25, 0.3) is 5.69 Å². The van der Waals surface area contributed by atoms with Crippen LogP contribution in [0.25, 0.3) is 11.0 Å². The number of nitrogens with zero attached hydrogens (tertiary/aromatic N) is 6. The summed E-state index contributed by atoms with van der Waals surface area (Å²) in [6, 6.07) is 20.1. The summed E-state index contributed by atoms with van der Waals surface area (Å²) in [5, 5.41) is 17.3. The number of aromatic nitrogens is 2. The lowest BCUT2D eigenvalue weighted by Crippen LogP contribution is -2.61. The third-order valence-electron chi connectivity index (χ3n) is 17.3. The summed E-state index contributed by atoms with van der Waals surface area (Å²) >= 11 is 12.7. The van der Waals surface area contributed by atoms with Gasteiger partial charge in [0.1, 0.15) is 17.3 Å². The van der Waals surface area contributed by atoms with E-state index in [4.69, 9.17) is 28.9 Å². The number of nitro benzene ring substituents is 1. The Morgan fingerprint density at radius 1 is 0.844 bits per heavy atom. The molecule has 2 saturated carbocycles. The lowest BCUT2D eigenvalue weighted by Gasteiger charge is -2.47. The number of nitrogens with two attached hydrogens (primary N) is 1. The highest BCUT2D eigenvalue weighted by Crippen LogP contribution is 2.64. The van der Waals surface area contributed by atoms with E-state index < -0.39 is 51.5 Å². The molecule has 20 heteroatoms. The number of hydrogen-bond donors (Lipinski definition) is 3. The van der Waals surface area contributed by atoms with E-state index >= 15 is 9.18 Å². The normalized spacial score (nSPS) is 23.5. The number of amides is 5. The molecule has 4 aromatic carbocycles. The monoisotopic (exact) mass is 1090 g/mol. The molecule has 77 heavy (non-hydrogen) atoms. The number of imidazole rings is 1. The van der Waals surface area contributed by atoms with E-state index in [1.165, 1.54) is 42.0 Å². The highest BCUT2D eigenvalue weighted by Gasteiger charge is 2.73. The highest BCUT2D eigenvalue weighted by atomic mass is 35.5. The van der Waals surface area contributed by atoms with Crippen molar-refractivity contribution in [1.82, 2.24) is 29.6 Å². The topological polar surface area (TPSA) is 215 Å². The molecule has 5 fully saturated rings. The number of non-ortho nitro benzene ring substituents is 1. The Labute approximate surface area is 455 Å². The number of fused-ring (bicyclic) bond motifs is 4. The number of benzene rings is 4. The zero-order valence-electron chi connectivity index (χ0n) is 43.1. The SMILES string of the molecule is Cn1c(=O)n(C2CCC(=O)NC2=O)c2ccc(CCCN3CCN(C(=O)C4CCCCC4)CC3)cc21.NC(=O)C1NC2(CCCCC2)[C@@]2(C(=O)N(Cc3ccc([N+](=O)[O-])cc3)c3cc(Cl)ccc32)[C@H]1c1cccc(Cl)c1F. The predicted octanol–water partition coefficient (Wildman–Crippen LogP) is 7.74. The Hall–Kier alpha value is -6.47. The number of carbonyl (C=O) groups excluding carboxylic acids is 5. The number of imide groups is 1. The number of rotatable bonds is 11. The van der Waals surface area contributed by atoms with Crippen LogP contribution in [-0.2, 0) is 49.4 Å². The van der Waals surface area contributed by atoms with Gasteiger partial charge >= 0.3 is 5.69 Å². The fraction of sp³-hybridized carbons (Fsp3) is 0.474. The quantitative estimate of drug-likeness (QED) is 0.0664. The molecule has 5 aromatic rings. The average Bonchev–Trinajstić information content (AvgIpc) is 4.08. The maximum absolute atomic E-state index is 15.9. The zero-order valence-corrected chi connectivity index (χ0v) is 44.6. The number of halogens is 3. The van der Waals surface area contributed by atoms with E-state index in [2.05, 4.69) is 20.4 Å². The van der Waals surface area contributed by atoms with Crippen molar-refractivity contribution in [1.29, 1.82) is 0 Å². The molecule has 2 spiro atoms. The number of piperazine rings is 1. The van der Waals surface area contributed by atoms with Gasteiger partial charge in [-0.15, -0.1) is 0 Å². The fourth-order valence-electron chi connectivity index (χ4n) is 13.6. The molecule has 406 valence electrons. The molecule has 3 saturated heterocycles. The van der Waals surface area contributed by atoms with Gasteiger partial charge in [0.05, 0.1) is 33.6 Å². The van der Waals surface area contributed by atoms with Crippen molar-refractivity contribution in [2.24, 2.45) is 18.7 Å². The Balaban J connectivity index is 0.000000176. The van der Waals surface area contributed by atoms with Gasteiger partial charge in [0, 0.05) is 79.9 Å². The molecule has 17 nitrogen and oxygen atoms in total. The molecule has 0 bridgehead atoms. The molecular weight excluding hydrogens is 1030 g/mol. The van der Waals surface area contributed by atoms with Crippen LogP contribution in [-0.4, -0.2) is 97.7 Å². The molecule has 4 aliphatic heterocycles. The van der Waals surface area contributed by atoms with Crippen LogP contribution in [0, 0.1) is 21.8 Å². The summed E-state index contributed by atoms with van der Waals surface area (Å²) in [5.41, 5.74) is 8.04.